The fourth-order valence-electron chi connectivity index (χ4n) is 3.62. The van der Waals surface area contributed by atoms with Gasteiger partial charge in [0.25, 0.3) is 0 Å². The number of aromatic nitrogens is 1. The highest BCUT2D eigenvalue weighted by molar-refractivity contribution is 5.93. The average molecular weight is 328 g/mol. The molecular weight excluding hydrogens is 304 g/mol. The predicted molar refractivity (Wildman–Crippen MR) is 91.1 cm³/mol. The second-order valence-electron chi connectivity index (χ2n) is 6.86. The minimum Gasteiger partial charge on any atom is -0.457 e. The summed E-state index contributed by atoms with van der Waals surface area (Å²) in [5.41, 5.74) is 4.63. The molecule has 1 aromatic heterocycles. The molecular formula is C19H24N2O3. The minimum atomic E-state index is -0.238. The Bertz CT molecular complexity index is 743. The number of likely N-dealkylation sites (N-methyl/N-ethyl adjacent to an activating group) is 1. The number of ether oxygens (including phenoxy) is 1. The van der Waals surface area contributed by atoms with Gasteiger partial charge in [0.05, 0.1) is 17.3 Å². The topological polar surface area (TPSA) is 55.6 Å². The summed E-state index contributed by atoms with van der Waals surface area (Å²) in [5.74, 6) is 0.592. The Hall–Kier alpha value is -2.14. The van der Waals surface area contributed by atoms with Gasteiger partial charge in [0.1, 0.15) is 6.10 Å². The van der Waals surface area contributed by atoms with Crippen LogP contribution in [-0.2, 0) is 4.74 Å². The van der Waals surface area contributed by atoms with E-state index in [1.807, 2.05) is 52.9 Å². The number of benzene rings is 1. The third kappa shape index (κ3) is 3.22. The average Bonchev–Trinajstić information content (AvgIpc) is 3.03. The molecule has 5 nitrogen and oxygen atoms in total. The Kier molecular flexibility index (Phi) is 4.45. The summed E-state index contributed by atoms with van der Waals surface area (Å²) < 4.78 is 11.2. The van der Waals surface area contributed by atoms with E-state index >= 15 is 0 Å². The standard InChI is InChI=1S/C19H24N2O3/c1-11-6-12(2)18(13(3)7-11)19(22)23-15-9-16(21(5)10-15)17-8-14(4)20-24-17/h6-8,15-16H,9-10H2,1-5H3/t15-,16+/m0/s1. The molecule has 0 unspecified atom stereocenters. The highest BCUT2D eigenvalue weighted by atomic mass is 16.5. The van der Waals surface area contributed by atoms with Gasteiger partial charge in [-0.25, -0.2) is 4.79 Å². The van der Waals surface area contributed by atoms with Crippen LogP contribution < -0.4 is 0 Å². The van der Waals surface area contributed by atoms with Gasteiger partial charge in [-0.15, -0.1) is 0 Å². The van der Waals surface area contributed by atoms with E-state index in [4.69, 9.17) is 9.26 Å². The molecule has 24 heavy (non-hydrogen) atoms. The van der Waals surface area contributed by atoms with E-state index in [1.54, 1.807) is 0 Å². The van der Waals surface area contributed by atoms with E-state index in [2.05, 4.69) is 10.1 Å². The molecule has 0 saturated carbocycles. The lowest BCUT2D eigenvalue weighted by Gasteiger charge is -2.15. The molecule has 0 radical (unpaired) electrons. The summed E-state index contributed by atoms with van der Waals surface area (Å²) >= 11 is 0. The van der Waals surface area contributed by atoms with E-state index in [0.29, 0.717) is 12.1 Å². The second kappa shape index (κ2) is 6.40. The molecule has 5 heteroatoms. The number of hydrogen-bond donors (Lipinski definition) is 0. The fourth-order valence-corrected chi connectivity index (χ4v) is 3.62. The first-order valence-corrected chi connectivity index (χ1v) is 8.27. The predicted octanol–water partition coefficient (Wildman–Crippen LogP) is 3.51. The SMILES string of the molecule is Cc1cc(C)c(C(=O)O[C@H]2C[C@H](c3cc(C)no3)N(C)C2)c(C)c1. The van der Waals surface area contributed by atoms with Crippen LogP contribution in [0.4, 0.5) is 0 Å². The van der Waals surface area contributed by atoms with Crippen molar-refractivity contribution in [3.8, 4) is 0 Å². The number of likely N-dealkylation sites (tertiary alicyclic amines) is 1. The van der Waals surface area contributed by atoms with Crippen molar-refractivity contribution >= 4 is 5.97 Å². The summed E-state index contributed by atoms with van der Waals surface area (Å²) in [5, 5.41) is 3.95. The van der Waals surface area contributed by atoms with Crippen LogP contribution >= 0.6 is 0 Å². The molecule has 0 bridgehead atoms. The van der Waals surface area contributed by atoms with Crippen molar-refractivity contribution in [1.82, 2.24) is 10.1 Å². The highest BCUT2D eigenvalue weighted by Crippen LogP contribution is 2.33. The Morgan fingerprint density at radius 2 is 1.88 bits per heavy atom. The van der Waals surface area contributed by atoms with Crippen LogP contribution in [0.15, 0.2) is 22.7 Å². The van der Waals surface area contributed by atoms with Gasteiger partial charge in [-0.1, -0.05) is 22.9 Å². The second-order valence-corrected chi connectivity index (χ2v) is 6.86. The first kappa shape index (κ1) is 16.7. The maximum atomic E-state index is 12.6. The van der Waals surface area contributed by atoms with Gasteiger partial charge in [-0.2, -0.15) is 0 Å². The van der Waals surface area contributed by atoms with Crippen molar-refractivity contribution in [2.45, 2.75) is 46.3 Å². The zero-order valence-corrected chi connectivity index (χ0v) is 14.9. The Morgan fingerprint density at radius 3 is 2.46 bits per heavy atom. The summed E-state index contributed by atoms with van der Waals surface area (Å²) in [6, 6.07) is 6.08. The molecule has 0 aliphatic carbocycles. The maximum Gasteiger partial charge on any atom is 0.338 e. The Balaban J connectivity index is 1.72. The van der Waals surface area contributed by atoms with Gasteiger partial charge >= 0.3 is 5.97 Å². The number of esters is 1. The molecule has 1 saturated heterocycles. The van der Waals surface area contributed by atoms with Crippen molar-refractivity contribution in [2.24, 2.45) is 0 Å². The molecule has 3 rings (SSSR count). The Labute approximate surface area is 142 Å². The molecule has 2 aromatic rings. The molecule has 2 atom stereocenters. The molecule has 1 aliphatic rings. The number of hydrogen-bond acceptors (Lipinski definition) is 5. The smallest absolute Gasteiger partial charge is 0.338 e. The van der Waals surface area contributed by atoms with Crippen LogP contribution in [-0.4, -0.2) is 35.7 Å². The van der Waals surface area contributed by atoms with Crippen molar-refractivity contribution in [3.63, 3.8) is 0 Å². The summed E-state index contributed by atoms with van der Waals surface area (Å²) in [7, 11) is 2.01. The Morgan fingerprint density at radius 1 is 1.21 bits per heavy atom. The largest absolute Gasteiger partial charge is 0.457 e. The number of carbonyl (C=O) groups is 1. The van der Waals surface area contributed by atoms with E-state index in [1.165, 1.54) is 0 Å². The van der Waals surface area contributed by atoms with E-state index in [-0.39, 0.29) is 18.1 Å². The number of nitrogens with zero attached hydrogens (tertiary/aromatic N) is 2. The van der Waals surface area contributed by atoms with Gasteiger partial charge in [-0.05, 0) is 45.9 Å². The van der Waals surface area contributed by atoms with Crippen LogP contribution in [0.3, 0.4) is 0 Å². The molecule has 128 valence electrons. The summed E-state index contributed by atoms with van der Waals surface area (Å²) in [6.07, 6.45) is 0.582. The van der Waals surface area contributed by atoms with Crippen molar-refractivity contribution < 1.29 is 14.1 Å². The lowest BCUT2D eigenvalue weighted by Crippen LogP contribution is -2.23. The molecule has 0 spiro atoms. The highest BCUT2D eigenvalue weighted by Gasteiger charge is 2.35. The van der Waals surface area contributed by atoms with Crippen LogP contribution in [0.25, 0.3) is 0 Å². The molecule has 1 aliphatic heterocycles. The first-order chi connectivity index (χ1) is 11.3. The van der Waals surface area contributed by atoms with Crippen molar-refractivity contribution in [1.29, 1.82) is 0 Å². The zero-order chi connectivity index (χ0) is 17.4. The van der Waals surface area contributed by atoms with Crippen LogP contribution in [0.5, 0.6) is 0 Å². The van der Waals surface area contributed by atoms with E-state index in [9.17, 15) is 4.79 Å². The maximum absolute atomic E-state index is 12.6. The molecule has 1 fully saturated rings. The quantitative estimate of drug-likeness (QED) is 0.807. The van der Waals surface area contributed by atoms with Crippen molar-refractivity contribution in [3.05, 3.63) is 51.9 Å². The normalized spacial score (nSPS) is 21.2. The number of carbonyl (C=O) groups excluding carboxylic acids is 1. The number of aryl methyl sites for hydroxylation is 4. The van der Waals surface area contributed by atoms with Gasteiger partial charge < -0.3 is 9.26 Å². The van der Waals surface area contributed by atoms with Gasteiger partial charge in [-0.3, -0.25) is 4.90 Å². The van der Waals surface area contributed by atoms with Crippen LogP contribution in [0.1, 0.15) is 51.0 Å². The molecule has 0 N–H and O–H groups in total. The molecule has 0 amide bonds. The lowest BCUT2D eigenvalue weighted by atomic mass is 10.00. The van der Waals surface area contributed by atoms with E-state index < -0.39 is 0 Å². The van der Waals surface area contributed by atoms with E-state index in [0.717, 1.165) is 34.6 Å². The summed E-state index contributed by atoms with van der Waals surface area (Å²) in [4.78, 5) is 14.8. The van der Waals surface area contributed by atoms with Gasteiger partial charge in [0.15, 0.2) is 5.76 Å². The zero-order valence-electron chi connectivity index (χ0n) is 14.9. The summed E-state index contributed by atoms with van der Waals surface area (Å²) in [6.45, 7) is 8.54. The first-order valence-electron chi connectivity index (χ1n) is 8.27. The van der Waals surface area contributed by atoms with Crippen LogP contribution in [0, 0.1) is 27.7 Å². The third-order valence-electron chi connectivity index (χ3n) is 4.64. The monoisotopic (exact) mass is 328 g/mol. The lowest BCUT2D eigenvalue weighted by molar-refractivity contribution is 0.0324. The van der Waals surface area contributed by atoms with Gasteiger partial charge in [0, 0.05) is 19.0 Å². The number of rotatable bonds is 3. The minimum absolute atomic E-state index is 0.101. The fraction of sp³-hybridized carbons (Fsp3) is 0.474. The third-order valence-corrected chi connectivity index (χ3v) is 4.64. The molecule has 1 aromatic carbocycles. The van der Waals surface area contributed by atoms with Crippen molar-refractivity contribution in [2.75, 3.05) is 13.6 Å². The molecule has 2 heterocycles. The van der Waals surface area contributed by atoms with Gasteiger partial charge in [0.2, 0.25) is 0 Å². The van der Waals surface area contributed by atoms with Crippen LogP contribution in [0.2, 0.25) is 0 Å².